The molecule has 0 aromatic carbocycles. The van der Waals surface area contributed by atoms with E-state index in [9.17, 15) is 29.4 Å². The van der Waals surface area contributed by atoms with Crippen molar-refractivity contribution in [1.82, 2.24) is 19.6 Å². The van der Waals surface area contributed by atoms with Gasteiger partial charge in [0.15, 0.2) is 5.92 Å². The van der Waals surface area contributed by atoms with Crippen molar-refractivity contribution in [3.05, 3.63) is 24.8 Å². The summed E-state index contributed by atoms with van der Waals surface area (Å²) in [5, 5.41) is 39.0. The van der Waals surface area contributed by atoms with E-state index in [1.807, 2.05) is 20.0 Å². The molecule has 1 aliphatic rings. The van der Waals surface area contributed by atoms with Gasteiger partial charge in [0, 0.05) is 31.4 Å². The zero-order valence-corrected chi connectivity index (χ0v) is 34.2. The molecule has 55 heavy (non-hydrogen) atoms. The first-order valence-electron chi connectivity index (χ1n) is 19.0. The zero-order chi connectivity index (χ0) is 41.9. The number of ether oxygens (including phenoxy) is 3. The van der Waals surface area contributed by atoms with Crippen LogP contribution in [0.5, 0.6) is 0 Å². The molecule has 0 saturated carbocycles. The van der Waals surface area contributed by atoms with Crippen LogP contribution in [0, 0.1) is 11.8 Å². The molecule has 4 N–H and O–H groups in total. The van der Waals surface area contributed by atoms with Crippen LogP contribution in [0.1, 0.15) is 108 Å². The van der Waals surface area contributed by atoms with Crippen molar-refractivity contribution in [2.75, 3.05) is 30.0 Å². The van der Waals surface area contributed by atoms with Crippen LogP contribution in [0.3, 0.4) is 0 Å². The highest BCUT2D eigenvalue weighted by atomic mass is 16.6. The van der Waals surface area contributed by atoms with Gasteiger partial charge in [-0.3, -0.25) is 33.3 Å². The van der Waals surface area contributed by atoms with E-state index in [0.29, 0.717) is 38.0 Å². The van der Waals surface area contributed by atoms with E-state index in [1.165, 1.54) is 0 Å². The first-order valence-corrected chi connectivity index (χ1v) is 19.0. The van der Waals surface area contributed by atoms with Crippen LogP contribution < -0.4 is 10.2 Å². The number of carbonyl (C=O) groups is 5. The lowest BCUT2D eigenvalue weighted by Gasteiger charge is -2.37. The normalized spacial score (nSPS) is 16.2. The molecule has 312 valence electrons. The maximum absolute atomic E-state index is 12.8. The van der Waals surface area contributed by atoms with Crippen molar-refractivity contribution in [1.29, 1.82) is 0 Å². The monoisotopic (exact) mass is 780 g/mol. The summed E-state index contributed by atoms with van der Waals surface area (Å²) in [5.74, 6) is -4.24. The number of amides is 1. The second-order valence-electron chi connectivity index (χ2n) is 14.5. The van der Waals surface area contributed by atoms with Crippen molar-refractivity contribution in [2.24, 2.45) is 11.8 Å². The van der Waals surface area contributed by atoms with E-state index in [-0.39, 0.29) is 37.8 Å². The summed E-state index contributed by atoms with van der Waals surface area (Å²) in [6.07, 6.45) is 10.7. The van der Waals surface area contributed by atoms with Crippen LogP contribution in [-0.2, 0) is 51.3 Å². The molecule has 1 aliphatic heterocycles. The van der Waals surface area contributed by atoms with Gasteiger partial charge in [-0.1, -0.05) is 13.8 Å². The van der Waals surface area contributed by atoms with Crippen molar-refractivity contribution in [3.63, 3.8) is 0 Å². The van der Waals surface area contributed by atoms with Crippen LogP contribution in [0.25, 0.3) is 0 Å². The van der Waals surface area contributed by atoms with Gasteiger partial charge in [-0.25, -0.2) is 0 Å². The summed E-state index contributed by atoms with van der Waals surface area (Å²) in [7, 11) is 0. The number of carboxylic acids is 1. The average molecular weight is 781 g/mol. The molecule has 3 unspecified atom stereocenters. The van der Waals surface area contributed by atoms with Gasteiger partial charge in [0.1, 0.15) is 5.92 Å². The number of esters is 3. The highest BCUT2D eigenvalue weighted by molar-refractivity contribution is 6.07. The van der Waals surface area contributed by atoms with Crippen molar-refractivity contribution >= 4 is 41.2 Å². The Morgan fingerprint density at radius 1 is 0.836 bits per heavy atom. The van der Waals surface area contributed by atoms with Gasteiger partial charge >= 0.3 is 17.9 Å². The van der Waals surface area contributed by atoms with Crippen molar-refractivity contribution in [3.8, 4) is 0 Å². The van der Waals surface area contributed by atoms with Crippen molar-refractivity contribution < 1.29 is 53.5 Å². The zero-order valence-electron chi connectivity index (χ0n) is 34.2. The van der Waals surface area contributed by atoms with Crippen LogP contribution in [0.2, 0.25) is 0 Å². The van der Waals surface area contributed by atoms with Crippen LogP contribution in [0.15, 0.2) is 24.8 Å². The maximum Gasteiger partial charge on any atom is 0.320 e. The fraction of sp³-hybridized carbons (Fsp3) is 0.711. The number of carbonyl (C=O) groups excluding carboxylic acids is 4. The Hall–Kier alpha value is -4.51. The molecule has 2 aromatic heterocycles. The number of nitrogens with zero attached hydrogens (tertiary/aromatic N) is 5. The van der Waals surface area contributed by atoms with E-state index >= 15 is 0 Å². The van der Waals surface area contributed by atoms with Gasteiger partial charge in [0.05, 0.1) is 67.9 Å². The van der Waals surface area contributed by atoms with Gasteiger partial charge in [0.25, 0.3) is 5.97 Å². The fourth-order valence-electron chi connectivity index (χ4n) is 5.83. The minimum atomic E-state index is -0.904. The SMILES string of the molecule is CC(=O)O.CCOC(=O)C(CCC(CC)Nc1cnn(CC(C)(C)O)c1)C(=O)OCC.CCOC(=O)C1CCC(CC)N(c2cnn(CC(C)(C)O)c2)C1=O. The largest absolute Gasteiger partial charge is 0.481 e. The minimum Gasteiger partial charge on any atom is -0.481 e. The molecule has 17 nitrogen and oxygen atoms in total. The third-order valence-electron chi connectivity index (χ3n) is 8.17. The Kier molecular flexibility index (Phi) is 20.7. The van der Waals surface area contributed by atoms with E-state index in [2.05, 4.69) is 15.5 Å². The number of hydrogen-bond acceptors (Lipinski definition) is 13. The lowest BCUT2D eigenvalue weighted by Crippen LogP contribution is -2.50. The van der Waals surface area contributed by atoms with Gasteiger partial charge < -0.3 is 39.7 Å². The van der Waals surface area contributed by atoms with E-state index in [0.717, 1.165) is 31.9 Å². The van der Waals surface area contributed by atoms with E-state index < -0.39 is 46.9 Å². The molecule has 2 aromatic rings. The maximum atomic E-state index is 12.8. The number of piperidine rings is 1. The van der Waals surface area contributed by atoms with Gasteiger partial charge in [-0.15, -0.1) is 0 Å². The highest BCUT2D eigenvalue weighted by Gasteiger charge is 2.40. The smallest absolute Gasteiger partial charge is 0.320 e. The number of aliphatic carboxylic acids is 1. The molecule has 1 saturated heterocycles. The number of anilines is 2. The molecule has 3 rings (SSSR count). The molecule has 17 heteroatoms. The third-order valence-corrected chi connectivity index (χ3v) is 8.17. The molecule has 1 fully saturated rings. The highest BCUT2D eigenvalue weighted by Crippen LogP contribution is 2.31. The fourth-order valence-corrected chi connectivity index (χ4v) is 5.83. The van der Waals surface area contributed by atoms with Gasteiger partial charge in [0.2, 0.25) is 5.91 Å². The predicted molar refractivity (Wildman–Crippen MR) is 205 cm³/mol. The van der Waals surface area contributed by atoms with Gasteiger partial charge in [-0.05, 0) is 87.0 Å². The minimum absolute atomic E-state index is 0.0444. The van der Waals surface area contributed by atoms with E-state index in [4.69, 9.17) is 24.1 Å². The summed E-state index contributed by atoms with van der Waals surface area (Å²) in [6, 6.07) is 0.110. The lowest BCUT2D eigenvalue weighted by molar-refractivity contribution is -0.162. The van der Waals surface area contributed by atoms with Crippen molar-refractivity contribution in [2.45, 2.75) is 144 Å². The third kappa shape index (κ3) is 18.1. The Labute approximate surface area is 324 Å². The lowest BCUT2D eigenvalue weighted by atomic mass is 9.90. The second kappa shape index (κ2) is 23.4. The molecule has 0 aliphatic carbocycles. The predicted octanol–water partition coefficient (Wildman–Crippen LogP) is 4.20. The average Bonchev–Trinajstić information content (AvgIpc) is 3.71. The summed E-state index contributed by atoms with van der Waals surface area (Å²) >= 11 is 0. The summed E-state index contributed by atoms with van der Waals surface area (Å²) in [5.41, 5.74) is -0.257. The number of aliphatic hydroxyl groups is 2. The quantitative estimate of drug-likeness (QED) is 0.0946. The summed E-state index contributed by atoms with van der Waals surface area (Å²) < 4.78 is 18.3. The number of aromatic nitrogens is 4. The number of hydrogen-bond donors (Lipinski definition) is 4. The molecule has 3 heterocycles. The number of carboxylic acid groups (broad SMARTS) is 1. The summed E-state index contributed by atoms with van der Waals surface area (Å²) in [6.45, 7) is 18.6. The Morgan fingerprint density at radius 3 is 1.82 bits per heavy atom. The number of nitrogens with one attached hydrogen (secondary N) is 1. The first-order chi connectivity index (χ1) is 25.7. The van der Waals surface area contributed by atoms with Crippen LogP contribution >= 0.6 is 0 Å². The van der Waals surface area contributed by atoms with Crippen LogP contribution in [0.4, 0.5) is 11.4 Å². The van der Waals surface area contributed by atoms with Crippen LogP contribution in [-0.4, -0.2) is 108 Å². The van der Waals surface area contributed by atoms with E-state index in [1.54, 1.807) is 81.3 Å². The summed E-state index contributed by atoms with van der Waals surface area (Å²) in [4.78, 5) is 59.7. The molecule has 0 radical (unpaired) electrons. The first kappa shape index (κ1) is 48.5. The second-order valence-corrected chi connectivity index (χ2v) is 14.5. The molecule has 0 spiro atoms. The van der Waals surface area contributed by atoms with Gasteiger partial charge in [-0.2, -0.15) is 10.2 Å². The molecule has 1 amide bonds. The topological polar surface area (TPSA) is 225 Å². The molecular formula is C38H64N6O11. The standard InChI is InChI=1S/C19H33N3O5.C17H27N3O4.C2H4O2/c1-6-14(21-15-11-20-22(12-15)13-19(4,5)25)9-10-16(17(23)26-7-2)18(24)27-8-3;1-5-12-7-8-14(16(22)24-6-2)15(21)20(12)13-9-18-19(10-13)11-17(3,4)23;1-2(3)4/h11-12,14,16,21,25H,6-10,13H2,1-5H3;9-10,12,14,23H,5-8,11H2,1-4H3;1H3,(H,3,4). The molecular weight excluding hydrogens is 716 g/mol. The Morgan fingerprint density at radius 2 is 1.35 bits per heavy atom. The Balaban J connectivity index is 0.000000503. The molecule has 3 atom stereocenters. The number of rotatable bonds is 18. The molecule has 0 bridgehead atoms. The Bertz CT molecular complexity index is 1470.